The Labute approximate surface area is 147 Å². The molecular formula is C19H23NO5. The van der Waals surface area contributed by atoms with E-state index >= 15 is 0 Å². The van der Waals surface area contributed by atoms with Crippen LogP contribution in [-0.2, 0) is 0 Å². The molecule has 0 bridgehead atoms. The van der Waals surface area contributed by atoms with Crippen molar-refractivity contribution < 1.29 is 24.2 Å². The predicted molar refractivity (Wildman–Crippen MR) is 93.4 cm³/mol. The van der Waals surface area contributed by atoms with E-state index in [-0.39, 0.29) is 12.4 Å². The van der Waals surface area contributed by atoms with Crippen molar-refractivity contribution in [3.8, 4) is 11.5 Å². The van der Waals surface area contributed by atoms with E-state index in [9.17, 15) is 9.59 Å². The quantitative estimate of drug-likeness (QED) is 0.884. The summed E-state index contributed by atoms with van der Waals surface area (Å²) < 4.78 is 10.9. The largest absolute Gasteiger partial charge is 0.496 e. The van der Waals surface area contributed by atoms with Crippen molar-refractivity contribution in [2.75, 3.05) is 26.8 Å². The molecule has 1 amide bonds. The molecule has 1 N–H and O–H groups in total. The summed E-state index contributed by atoms with van der Waals surface area (Å²) in [5.74, 6) is 1.86. The third-order valence-electron chi connectivity index (χ3n) is 4.94. The Hall–Kier alpha value is -2.50. The Morgan fingerprint density at radius 2 is 2.16 bits per heavy atom. The molecule has 0 atom stereocenters. The van der Waals surface area contributed by atoms with E-state index in [4.69, 9.17) is 14.6 Å². The van der Waals surface area contributed by atoms with Gasteiger partial charge in [-0.25, -0.2) is 4.79 Å². The van der Waals surface area contributed by atoms with Crippen LogP contribution in [-0.4, -0.2) is 48.7 Å². The standard InChI is InChI=1S/C19H23NO5/c1-24-17-7-6-14-16(21)12-25-18(14)15(17)5-3-2-4-13-8-10-20(11-9-13)19(22)23/h3,5-7,13H,2,4,8-12H2,1H3,(H,22,23)/b5-3-. The summed E-state index contributed by atoms with van der Waals surface area (Å²) in [6.07, 6.45) is 6.98. The average molecular weight is 345 g/mol. The zero-order chi connectivity index (χ0) is 17.8. The molecule has 1 fully saturated rings. The third-order valence-corrected chi connectivity index (χ3v) is 4.94. The molecule has 3 rings (SSSR count). The molecular weight excluding hydrogens is 322 g/mol. The predicted octanol–water partition coefficient (Wildman–Crippen LogP) is 3.45. The first-order chi connectivity index (χ1) is 12.1. The normalized spacial score (nSPS) is 17.6. The number of fused-ring (bicyclic) bond motifs is 1. The summed E-state index contributed by atoms with van der Waals surface area (Å²) in [6, 6.07) is 3.55. The van der Waals surface area contributed by atoms with Crippen LogP contribution in [0.15, 0.2) is 18.2 Å². The van der Waals surface area contributed by atoms with Crippen molar-refractivity contribution in [1.82, 2.24) is 4.90 Å². The highest BCUT2D eigenvalue weighted by Crippen LogP contribution is 2.37. The molecule has 1 aromatic rings. The molecule has 0 spiro atoms. The number of carbonyl (C=O) groups is 2. The maximum absolute atomic E-state index is 11.8. The maximum atomic E-state index is 11.8. The molecule has 6 nitrogen and oxygen atoms in total. The first-order valence-corrected chi connectivity index (χ1v) is 8.61. The number of amides is 1. The zero-order valence-electron chi connectivity index (χ0n) is 14.4. The van der Waals surface area contributed by atoms with Gasteiger partial charge in [-0.2, -0.15) is 0 Å². The van der Waals surface area contributed by atoms with Crippen LogP contribution in [0.5, 0.6) is 11.5 Å². The zero-order valence-corrected chi connectivity index (χ0v) is 14.4. The molecule has 0 aromatic heterocycles. The molecule has 0 unspecified atom stereocenters. The number of allylic oxidation sites excluding steroid dienone is 1. The summed E-state index contributed by atoms with van der Waals surface area (Å²) in [7, 11) is 1.60. The van der Waals surface area contributed by atoms with E-state index in [0.717, 1.165) is 31.2 Å². The van der Waals surface area contributed by atoms with Gasteiger partial charge in [0.1, 0.15) is 11.5 Å². The summed E-state index contributed by atoms with van der Waals surface area (Å²) in [5, 5.41) is 8.98. The SMILES string of the molecule is COc1ccc2c(c1/C=C\CCC1CCN(C(=O)O)CC1)OCC2=O. The molecule has 1 saturated heterocycles. The minimum absolute atomic E-state index is 0.00232. The number of likely N-dealkylation sites (tertiary alicyclic amines) is 1. The number of hydrogen-bond acceptors (Lipinski definition) is 4. The fourth-order valence-electron chi connectivity index (χ4n) is 3.45. The van der Waals surface area contributed by atoms with E-state index in [1.54, 1.807) is 19.2 Å². The maximum Gasteiger partial charge on any atom is 0.407 e. The highest BCUT2D eigenvalue weighted by atomic mass is 16.5. The van der Waals surface area contributed by atoms with Gasteiger partial charge >= 0.3 is 6.09 Å². The molecule has 2 aliphatic heterocycles. The van der Waals surface area contributed by atoms with Gasteiger partial charge in [-0.1, -0.05) is 12.2 Å². The minimum Gasteiger partial charge on any atom is -0.496 e. The van der Waals surface area contributed by atoms with Gasteiger partial charge in [0.05, 0.1) is 18.2 Å². The Balaban J connectivity index is 1.58. The van der Waals surface area contributed by atoms with E-state index in [1.165, 1.54) is 4.90 Å². The van der Waals surface area contributed by atoms with E-state index in [1.807, 2.05) is 6.08 Å². The van der Waals surface area contributed by atoms with Gasteiger partial charge in [0.15, 0.2) is 6.61 Å². The number of nitrogens with zero attached hydrogens (tertiary/aromatic N) is 1. The van der Waals surface area contributed by atoms with E-state index in [2.05, 4.69) is 6.08 Å². The van der Waals surface area contributed by atoms with Crippen molar-refractivity contribution >= 4 is 18.0 Å². The molecule has 25 heavy (non-hydrogen) atoms. The summed E-state index contributed by atoms with van der Waals surface area (Å²) in [6.45, 7) is 1.34. The first kappa shape index (κ1) is 17.3. The molecule has 2 heterocycles. The second-order valence-corrected chi connectivity index (χ2v) is 6.46. The van der Waals surface area contributed by atoms with E-state index in [0.29, 0.717) is 36.1 Å². The van der Waals surface area contributed by atoms with Gasteiger partial charge in [-0.15, -0.1) is 0 Å². The van der Waals surface area contributed by atoms with Gasteiger partial charge in [0.25, 0.3) is 0 Å². The Morgan fingerprint density at radius 1 is 1.40 bits per heavy atom. The summed E-state index contributed by atoms with van der Waals surface area (Å²) >= 11 is 0. The number of ether oxygens (including phenoxy) is 2. The van der Waals surface area contributed by atoms with Gasteiger partial charge < -0.3 is 19.5 Å². The molecule has 0 aliphatic carbocycles. The lowest BCUT2D eigenvalue weighted by molar-refractivity contribution is 0.0961. The van der Waals surface area contributed by atoms with Crippen molar-refractivity contribution in [2.24, 2.45) is 5.92 Å². The Kier molecular flexibility index (Phi) is 5.26. The second-order valence-electron chi connectivity index (χ2n) is 6.46. The highest BCUT2D eigenvalue weighted by molar-refractivity contribution is 6.03. The van der Waals surface area contributed by atoms with Crippen LogP contribution < -0.4 is 9.47 Å². The molecule has 1 aromatic carbocycles. The van der Waals surface area contributed by atoms with Gasteiger partial charge in [-0.05, 0) is 43.7 Å². The lowest BCUT2D eigenvalue weighted by Crippen LogP contribution is -2.37. The number of rotatable bonds is 5. The lowest BCUT2D eigenvalue weighted by atomic mass is 9.92. The fourth-order valence-corrected chi connectivity index (χ4v) is 3.45. The number of benzene rings is 1. The van der Waals surface area contributed by atoms with Crippen LogP contribution in [0.3, 0.4) is 0 Å². The van der Waals surface area contributed by atoms with Crippen molar-refractivity contribution in [1.29, 1.82) is 0 Å². The van der Waals surface area contributed by atoms with Gasteiger partial charge in [-0.3, -0.25) is 4.79 Å². The minimum atomic E-state index is -0.821. The number of piperidine rings is 1. The van der Waals surface area contributed by atoms with Crippen LogP contribution in [0.1, 0.15) is 41.6 Å². The topological polar surface area (TPSA) is 76.1 Å². The van der Waals surface area contributed by atoms with E-state index < -0.39 is 6.09 Å². The molecule has 0 saturated carbocycles. The molecule has 134 valence electrons. The third kappa shape index (κ3) is 3.78. The molecule has 6 heteroatoms. The number of carboxylic acid groups (broad SMARTS) is 1. The van der Waals surface area contributed by atoms with Crippen LogP contribution in [0, 0.1) is 5.92 Å². The molecule has 0 radical (unpaired) electrons. The lowest BCUT2D eigenvalue weighted by Gasteiger charge is -2.29. The summed E-state index contributed by atoms with van der Waals surface area (Å²) in [4.78, 5) is 24.2. The highest BCUT2D eigenvalue weighted by Gasteiger charge is 2.25. The number of hydrogen-bond donors (Lipinski definition) is 1. The van der Waals surface area contributed by atoms with Crippen LogP contribution >= 0.6 is 0 Å². The summed E-state index contributed by atoms with van der Waals surface area (Å²) in [5.41, 5.74) is 1.42. The number of methoxy groups -OCH3 is 1. The first-order valence-electron chi connectivity index (χ1n) is 8.61. The fraction of sp³-hybridized carbons (Fsp3) is 0.474. The van der Waals surface area contributed by atoms with Crippen molar-refractivity contribution in [2.45, 2.75) is 25.7 Å². The van der Waals surface area contributed by atoms with Gasteiger partial charge in [0.2, 0.25) is 5.78 Å². The van der Waals surface area contributed by atoms with Crippen LogP contribution in [0.4, 0.5) is 4.79 Å². The monoisotopic (exact) mass is 345 g/mol. The Morgan fingerprint density at radius 3 is 2.84 bits per heavy atom. The number of ketones is 1. The van der Waals surface area contributed by atoms with Crippen molar-refractivity contribution in [3.05, 3.63) is 29.3 Å². The number of carbonyl (C=O) groups excluding carboxylic acids is 1. The van der Waals surface area contributed by atoms with Crippen LogP contribution in [0.25, 0.3) is 6.08 Å². The molecule has 2 aliphatic rings. The average Bonchev–Trinajstić information content (AvgIpc) is 3.00. The number of Topliss-reactive ketones (excluding diaryl/α,β-unsaturated/α-hetero) is 1. The Bertz CT molecular complexity index is 689. The second kappa shape index (κ2) is 7.59. The smallest absolute Gasteiger partial charge is 0.407 e. The van der Waals surface area contributed by atoms with Crippen molar-refractivity contribution in [3.63, 3.8) is 0 Å². The van der Waals surface area contributed by atoms with Crippen LogP contribution in [0.2, 0.25) is 0 Å². The van der Waals surface area contributed by atoms with Gasteiger partial charge in [0, 0.05) is 13.1 Å².